The third-order valence-electron chi connectivity index (χ3n) is 3.77. The van der Waals surface area contributed by atoms with Crippen LogP contribution in [0.3, 0.4) is 0 Å². The summed E-state index contributed by atoms with van der Waals surface area (Å²) in [7, 11) is 0. The fraction of sp³-hybridized carbons (Fsp3) is 0. The number of fused-ring (bicyclic) bond motifs is 1. The van der Waals surface area contributed by atoms with Crippen molar-refractivity contribution in [2.75, 3.05) is 5.32 Å². The van der Waals surface area contributed by atoms with Crippen LogP contribution in [0.2, 0.25) is 0 Å². The predicted molar refractivity (Wildman–Crippen MR) is 97.2 cm³/mol. The van der Waals surface area contributed by atoms with Crippen LogP contribution in [0, 0.1) is 5.82 Å². The SMILES string of the molecule is O=C(Nc1nnc(-c2ccc(F)cc2)s1)c1cccc2ccccc12. The summed E-state index contributed by atoms with van der Waals surface area (Å²) >= 11 is 1.24. The second-order valence-corrected chi connectivity index (χ2v) is 6.38. The maximum absolute atomic E-state index is 13.0. The van der Waals surface area contributed by atoms with Crippen LogP contribution in [0.5, 0.6) is 0 Å². The lowest BCUT2D eigenvalue weighted by Gasteiger charge is -2.05. The molecule has 0 aliphatic rings. The van der Waals surface area contributed by atoms with E-state index in [9.17, 15) is 9.18 Å². The molecule has 122 valence electrons. The minimum Gasteiger partial charge on any atom is -0.296 e. The minimum atomic E-state index is -0.308. The normalized spacial score (nSPS) is 10.8. The van der Waals surface area contributed by atoms with Gasteiger partial charge in [-0.1, -0.05) is 47.7 Å². The number of carbonyl (C=O) groups excluding carboxylic acids is 1. The van der Waals surface area contributed by atoms with Gasteiger partial charge in [0.25, 0.3) is 5.91 Å². The molecule has 3 aromatic carbocycles. The number of nitrogens with zero attached hydrogens (tertiary/aromatic N) is 2. The van der Waals surface area contributed by atoms with Gasteiger partial charge < -0.3 is 0 Å². The molecule has 0 unspecified atom stereocenters. The molecule has 25 heavy (non-hydrogen) atoms. The second kappa shape index (κ2) is 6.41. The Hall–Kier alpha value is -3.12. The smallest absolute Gasteiger partial charge is 0.258 e. The molecular formula is C19H12FN3OS. The molecule has 1 aromatic heterocycles. The molecule has 0 aliphatic carbocycles. The summed E-state index contributed by atoms with van der Waals surface area (Å²) in [6.07, 6.45) is 0. The van der Waals surface area contributed by atoms with Gasteiger partial charge in [0.2, 0.25) is 5.13 Å². The Morgan fingerprint density at radius 2 is 1.68 bits per heavy atom. The predicted octanol–water partition coefficient (Wildman–Crippen LogP) is 4.75. The van der Waals surface area contributed by atoms with E-state index >= 15 is 0 Å². The maximum atomic E-state index is 13.0. The van der Waals surface area contributed by atoms with Crippen molar-refractivity contribution in [3.05, 3.63) is 78.1 Å². The molecule has 4 nitrogen and oxygen atoms in total. The highest BCUT2D eigenvalue weighted by molar-refractivity contribution is 7.18. The summed E-state index contributed by atoms with van der Waals surface area (Å²) in [6, 6.07) is 19.3. The number of nitrogens with one attached hydrogen (secondary N) is 1. The van der Waals surface area contributed by atoms with Crippen molar-refractivity contribution in [3.8, 4) is 10.6 Å². The average Bonchev–Trinajstić information content (AvgIpc) is 3.10. The van der Waals surface area contributed by atoms with Gasteiger partial charge in [0.05, 0.1) is 0 Å². The second-order valence-electron chi connectivity index (χ2n) is 5.40. The molecule has 1 heterocycles. The first-order valence-electron chi connectivity index (χ1n) is 7.59. The van der Waals surface area contributed by atoms with Gasteiger partial charge in [-0.25, -0.2) is 4.39 Å². The third kappa shape index (κ3) is 3.12. The van der Waals surface area contributed by atoms with Crippen molar-refractivity contribution in [1.29, 1.82) is 0 Å². The number of hydrogen-bond donors (Lipinski definition) is 1. The fourth-order valence-electron chi connectivity index (χ4n) is 2.57. The lowest BCUT2D eigenvalue weighted by Crippen LogP contribution is -2.12. The highest BCUT2D eigenvalue weighted by Crippen LogP contribution is 2.27. The quantitative estimate of drug-likeness (QED) is 0.581. The van der Waals surface area contributed by atoms with Crippen molar-refractivity contribution in [3.63, 3.8) is 0 Å². The van der Waals surface area contributed by atoms with E-state index in [1.807, 2.05) is 36.4 Å². The first-order valence-corrected chi connectivity index (χ1v) is 8.41. The van der Waals surface area contributed by atoms with E-state index in [-0.39, 0.29) is 11.7 Å². The number of aromatic nitrogens is 2. The summed E-state index contributed by atoms with van der Waals surface area (Å²) in [5, 5.41) is 13.7. The Morgan fingerprint density at radius 3 is 2.52 bits per heavy atom. The van der Waals surface area contributed by atoms with E-state index in [2.05, 4.69) is 15.5 Å². The number of hydrogen-bond acceptors (Lipinski definition) is 4. The van der Waals surface area contributed by atoms with E-state index in [0.717, 1.165) is 16.3 Å². The molecule has 1 N–H and O–H groups in total. The summed E-state index contributed by atoms with van der Waals surface area (Å²) in [5.41, 5.74) is 1.33. The van der Waals surface area contributed by atoms with Crippen LogP contribution in [-0.2, 0) is 0 Å². The zero-order valence-electron chi connectivity index (χ0n) is 12.9. The van der Waals surface area contributed by atoms with Crippen molar-refractivity contribution >= 4 is 33.1 Å². The third-order valence-corrected chi connectivity index (χ3v) is 4.66. The molecule has 0 atom stereocenters. The van der Waals surface area contributed by atoms with E-state index in [1.165, 1.54) is 23.5 Å². The van der Waals surface area contributed by atoms with Gasteiger partial charge in [-0.15, -0.1) is 10.2 Å². The highest BCUT2D eigenvalue weighted by atomic mass is 32.1. The van der Waals surface area contributed by atoms with Crippen molar-refractivity contribution in [2.24, 2.45) is 0 Å². The number of benzene rings is 3. The first-order chi connectivity index (χ1) is 12.2. The first kappa shape index (κ1) is 15.4. The van der Waals surface area contributed by atoms with Crippen molar-refractivity contribution in [1.82, 2.24) is 10.2 Å². The number of halogens is 1. The molecule has 0 saturated carbocycles. The number of anilines is 1. The molecule has 0 aliphatic heterocycles. The van der Waals surface area contributed by atoms with Crippen LogP contribution in [0.4, 0.5) is 9.52 Å². The average molecular weight is 349 g/mol. The molecule has 4 rings (SSSR count). The Labute approximate surface area is 147 Å². The molecule has 0 bridgehead atoms. The minimum absolute atomic E-state index is 0.237. The maximum Gasteiger partial charge on any atom is 0.258 e. The molecule has 0 fully saturated rings. The van der Waals surface area contributed by atoms with Crippen LogP contribution < -0.4 is 5.32 Å². The van der Waals surface area contributed by atoms with E-state index < -0.39 is 0 Å². The van der Waals surface area contributed by atoms with Crippen LogP contribution >= 0.6 is 11.3 Å². The van der Waals surface area contributed by atoms with Gasteiger partial charge in [0, 0.05) is 11.1 Å². The number of amides is 1. The summed E-state index contributed by atoms with van der Waals surface area (Å²) in [6.45, 7) is 0. The van der Waals surface area contributed by atoms with Crippen LogP contribution in [0.25, 0.3) is 21.3 Å². The standard InChI is InChI=1S/C19H12FN3OS/c20-14-10-8-13(9-11-14)18-22-23-19(25-18)21-17(24)16-7-3-5-12-4-1-2-6-15(12)16/h1-11H,(H,21,23,24). The van der Waals surface area contributed by atoms with Crippen molar-refractivity contribution in [2.45, 2.75) is 0 Å². The summed E-state index contributed by atoms with van der Waals surface area (Å²) < 4.78 is 13.0. The Kier molecular flexibility index (Phi) is 3.95. The molecule has 0 radical (unpaired) electrons. The monoisotopic (exact) mass is 349 g/mol. The van der Waals surface area contributed by atoms with Gasteiger partial charge >= 0.3 is 0 Å². The zero-order valence-corrected chi connectivity index (χ0v) is 13.8. The largest absolute Gasteiger partial charge is 0.296 e. The zero-order chi connectivity index (χ0) is 17.2. The van der Waals surface area contributed by atoms with E-state index in [4.69, 9.17) is 0 Å². The van der Waals surface area contributed by atoms with E-state index in [0.29, 0.717) is 15.7 Å². The molecular weight excluding hydrogens is 337 g/mol. The van der Waals surface area contributed by atoms with Crippen LogP contribution in [-0.4, -0.2) is 16.1 Å². The highest BCUT2D eigenvalue weighted by Gasteiger charge is 2.13. The van der Waals surface area contributed by atoms with Gasteiger partial charge in [-0.05, 0) is 41.1 Å². The summed E-state index contributed by atoms with van der Waals surface area (Å²) in [4.78, 5) is 12.6. The lowest BCUT2D eigenvalue weighted by atomic mass is 10.0. The molecule has 1 amide bonds. The number of carbonyl (C=O) groups is 1. The van der Waals surface area contributed by atoms with Gasteiger partial charge in [0.1, 0.15) is 10.8 Å². The van der Waals surface area contributed by atoms with Crippen molar-refractivity contribution < 1.29 is 9.18 Å². The Bertz CT molecular complexity index is 1050. The topological polar surface area (TPSA) is 54.9 Å². The van der Waals surface area contributed by atoms with Gasteiger partial charge in [-0.3, -0.25) is 10.1 Å². The molecule has 0 spiro atoms. The molecule has 4 aromatic rings. The summed E-state index contributed by atoms with van der Waals surface area (Å²) in [5.74, 6) is -0.545. The molecule has 0 saturated heterocycles. The number of rotatable bonds is 3. The fourth-order valence-corrected chi connectivity index (χ4v) is 3.31. The van der Waals surface area contributed by atoms with E-state index in [1.54, 1.807) is 18.2 Å². The van der Waals surface area contributed by atoms with Crippen LogP contribution in [0.1, 0.15) is 10.4 Å². The Morgan fingerprint density at radius 1 is 0.920 bits per heavy atom. The van der Waals surface area contributed by atoms with Gasteiger partial charge in [0.15, 0.2) is 0 Å². The van der Waals surface area contributed by atoms with Gasteiger partial charge in [-0.2, -0.15) is 0 Å². The van der Waals surface area contributed by atoms with Crippen LogP contribution in [0.15, 0.2) is 66.7 Å². The Balaban J connectivity index is 1.60. The lowest BCUT2D eigenvalue weighted by molar-refractivity contribution is 0.102. The molecule has 6 heteroatoms.